The Kier molecular flexibility index (Phi) is 3.24. The zero-order chi connectivity index (χ0) is 12.6. The van der Waals surface area contributed by atoms with Crippen molar-refractivity contribution in [3.8, 4) is 0 Å². The molecule has 0 bridgehead atoms. The van der Waals surface area contributed by atoms with Crippen molar-refractivity contribution in [1.29, 1.82) is 0 Å². The first-order valence-electron chi connectivity index (χ1n) is 5.43. The molecule has 0 amide bonds. The molecule has 3 nitrogen and oxygen atoms in total. The molecule has 17 heavy (non-hydrogen) atoms. The number of aromatic carboxylic acids is 1. The Labute approximate surface area is 108 Å². The Hall–Kier alpha value is -1.29. The maximum Gasteiger partial charge on any atom is 0.372 e. The smallest absolute Gasteiger partial charge is 0.372 e. The van der Waals surface area contributed by atoms with Gasteiger partial charge in [0.2, 0.25) is 5.76 Å². The van der Waals surface area contributed by atoms with Gasteiger partial charge in [0, 0.05) is 15.4 Å². The third-order valence-corrected chi connectivity index (χ3v) is 3.05. The van der Waals surface area contributed by atoms with Crippen LogP contribution < -0.4 is 0 Å². The van der Waals surface area contributed by atoms with Crippen LogP contribution in [-0.4, -0.2) is 11.1 Å². The Morgan fingerprint density at radius 3 is 2.76 bits per heavy atom. The Morgan fingerprint density at radius 1 is 1.47 bits per heavy atom. The number of benzene rings is 1. The largest absolute Gasteiger partial charge is 0.475 e. The standard InChI is InChI=1S/C13H13BrO3/c1-7(2)5-10-9-6-8(14)3-4-11(9)17-12(10)13(15)16/h3-4,6-7H,5H2,1-2H3,(H,15,16). The summed E-state index contributed by atoms with van der Waals surface area (Å²) in [5, 5.41) is 10.0. The monoisotopic (exact) mass is 296 g/mol. The first-order valence-corrected chi connectivity index (χ1v) is 6.22. The van der Waals surface area contributed by atoms with Gasteiger partial charge in [-0.15, -0.1) is 0 Å². The van der Waals surface area contributed by atoms with Crippen LogP contribution in [0.3, 0.4) is 0 Å². The number of fused-ring (bicyclic) bond motifs is 1. The van der Waals surface area contributed by atoms with Crippen LogP contribution in [-0.2, 0) is 6.42 Å². The zero-order valence-corrected chi connectivity index (χ0v) is 11.2. The molecule has 1 aromatic heterocycles. The molecule has 0 aliphatic carbocycles. The van der Waals surface area contributed by atoms with Crippen LogP contribution in [0.25, 0.3) is 11.0 Å². The van der Waals surface area contributed by atoms with Gasteiger partial charge in [-0.05, 0) is 30.5 Å². The summed E-state index contributed by atoms with van der Waals surface area (Å²) in [6, 6.07) is 5.54. The Bertz CT molecular complexity index is 569. The molecule has 0 atom stereocenters. The van der Waals surface area contributed by atoms with Gasteiger partial charge in [0.1, 0.15) is 5.58 Å². The van der Waals surface area contributed by atoms with E-state index in [1.807, 2.05) is 12.1 Å². The Morgan fingerprint density at radius 2 is 2.18 bits per heavy atom. The predicted molar refractivity (Wildman–Crippen MR) is 69.4 cm³/mol. The summed E-state index contributed by atoms with van der Waals surface area (Å²) < 4.78 is 6.32. The SMILES string of the molecule is CC(C)Cc1c(C(=O)O)oc2ccc(Br)cc12. The topological polar surface area (TPSA) is 50.4 Å². The van der Waals surface area contributed by atoms with Gasteiger partial charge < -0.3 is 9.52 Å². The van der Waals surface area contributed by atoms with Crippen LogP contribution in [0.5, 0.6) is 0 Å². The fourth-order valence-electron chi connectivity index (χ4n) is 1.90. The van der Waals surface area contributed by atoms with Gasteiger partial charge in [0.05, 0.1) is 0 Å². The number of furan rings is 1. The van der Waals surface area contributed by atoms with E-state index in [2.05, 4.69) is 29.8 Å². The number of halogens is 1. The highest BCUT2D eigenvalue weighted by Crippen LogP contribution is 2.30. The first kappa shape index (κ1) is 12.2. The molecular formula is C13H13BrO3. The number of carbonyl (C=O) groups is 1. The van der Waals surface area contributed by atoms with Crippen LogP contribution in [0.4, 0.5) is 0 Å². The van der Waals surface area contributed by atoms with E-state index in [-0.39, 0.29) is 5.76 Å². The minimum Gasteiger partial charge on any atom is -0.475 e. The van der Waals surface area contributed by atoms with Gasteiger partial charge >= 0.3 is 5.97 Å². The summed E-state index contributed by atoms with van der Waals surface area (Å²) in [6.45, 7) is 4.12. The molecule has 1 N–H and O–H groups in total. The van der Waals surface area contributed by atoms with Gasteiger partial charge in [0.25, 0.3) is 0 Å². The van der Waals surface area contributed by atoms with Crippen LogP contribution >= 0.6 is 15.9 Å². The van der Waals surface area contributed by atoms with E-state index in [1.54, 1.807) is 6.07 Å². The molecular weight excluding hydrogens is 284 g/mol. The van der Waals surface area contributed by atoms with Gasteiger partial charge in [-0.1, -0.05) is 29.8 Å². The molecule has 0 spiro atoms. The van der Waals surface area contributed by atoms with E-state index < -0.39 is 5.97 Å². The molecule has 0 saturated heterocycles. The van der Waals surface area contributed by atoms with Gasteiger partial charge in [0.15, 0.2) is 0 Å². The van der Waals surface area contributed by atoms with Crippen molar-refractivity contribution in [3.05, 3.63) is 34.0 Å². The summed E-state index contributed by atoms with van der Waals surface area (Å²) in [6.07, 6.45) is 0.699. The lowest BCUT2D eigenvalue weighted by atomic mass is 10.00. The van der Waals surface area contributed by atoms with E-state index in [9.17, 15) is 4.79 Å². The van der Waals surface area contributed by atoms with Gasteiger partial charge in [-0.2, -0.15) is 0 Å². The summed E-state index contributed by atoms with van der Waals surface area (Å²) in [5.41, 5.74) is 1.41. The summed E-state index contributed by atoms with van der Waals surface area (Å²) >= 11 is 3.39. The predicted octanol–water partition coefficient (Wildman–Crippen LogP) is 4.09. The fraction of sp³-hybridized carbons (Fsp3) is 0.308. The van der Waals surface area contributed by atoms with Crippen molar-refractivity contribution >= 4 is 32.9 Å². The third-order valence-electron chi connectivity index (χ3n) is 2.56. The quantitative estimate of drug-likeness (QED) is 0.928. The van der Waals surface area contributed by atoms with Crippen LogP contribution in [0.15, 0.2) is 27.1 Å². The second kappa shape index (κ2) is 4.53. The lowest BCUT2D eigenvalue weighted by molar-refractivity contribution is 0.0663. The van der Waals surface area contributed by atoms with Crippen molar-refractivity contribution in [3.63, 3.8) is 0 Å². The van der Waals surface area contributed by atoms with E-state index in [4.69, 9.17) is 9.52 Å². The number of carboxylic acid groups (broad SMARTS) is 1. The van der Waals surface area contributed by atoms with Crippen LogP contribution in [0.1, 0.15) is 30.0 Å². The normalized spacial score (nSPS) is 11.3. The molecule has 0 saturated carbocycles. The molecule has 90 valence electrons. The molecule has 4 heteroatoms. The van der Waals surface area contributed by atoms with Gasteiger partial charge in [-0.25, -0.2) is 4.79 Å². The van der Waals surface area contributed by atoms with Crippen molar-refractivity contribution in [1.82, 2.24) is 0 Å². The summed E-state index contributed by atoms with van der Waals surface area (Å²) in [7, 11) is 0. The lowest BCUT2D eigenvalue weighted by Crippen LogP contribution is -2.02. The average Bonchev–Trinajstić information content (AvgIpc) is 2.56. The highest BCUT2D eigenvalue weighted by molar-refractivity contribution is 9.10. The maximum absolute atomic E-state index is 11.2. The summed E-state index contributed by atoms with van der Waals surface area (Å²) in [5.74, 6) is -0.562. The number of rotatable bonds is 3. The first-order chi connectivity index (χ1) is 7.99. The number of hydrogen-bond donors (Lipinski definition) is 1. The molecule has 2 aromatic rings. The maximum atomic E-state index is 11.2. The molecule has 0 radical (unpaired) electrons. The minimum atomic E-state index is -1.01. The van der Waals surface area contributed by atoms with Crippen LogP contribution in [0.2, 0.25) is 0 Å². The number of carboxylic acids is 1. The Balaban J connectivity index is 2.68. The lowest BCUT2D eigenvalue weighted by Gasteiger charge is -2.03. The van der Waals surface area contributed by atoms with E-state index in [1.165, 1.54) is 0 Å². The third kappa shape index (κ3) is 2.36. The highest BCUT2D eigenvalue weighted by Gasteiger charge is 2.20. The second-order valence-corrected chi connectivity index (χ2v) is 5.37. The van der Waals surface area contributed by atoms with Crippen LogP contribution in [0, 0.1) is 5.92 Å². The van der Waals surface area contributed by atoms with Gasteiger partial charge in [-0.3, -0.25) is 0 Å². The highest BCUT2D eigenvalue weighted by atomic mass is 79.9. The van der Waals surface area contributed by atoms with Crippen molar-refractivity contribution in [2.75, 3.05) is 0 Å². The number of hydrogen-bond acceptors (Lipinski definition) is 2. The van der Waals surface area contributed by atoms with Crippen molar-refractivity contribution in [2.45, 2.75) is 20.3 Å². The molecule has 0 fully saturated rings. The molecule has 0 aliphatic heterocycles. The van der Waals surface area contributed by atoms with E-state index in [0.29, 0.717) is 17.9 Å². The molecule has 2 rings (SSSR count). The minimum absolute atomic E-state index is 0.0619. The molecule has 0 aliphatic rings. The van der Waals surface area contributed by atoms with E-state index >= 15 is 0 Å². The van der Waals surface area contributed by atoms with Crippen molar-refractivity contribution in [2.24, 2.45) is 5.92 Å². The fourth-order valence-corrected chi connectivity index (χ4v) is 2.27. The average molecular weight is 297 g/mol. The molecule has 1 heterocycles. The van der Waals surface area contributed by atoms with Crippen molar-refractivity contribution < 1.29 is 14.3 Å². The summed E-state index contributed by atoms with van der Waals surface area (Å²) in [4.78, 5) is 11.2. The molecule has 1 aromatic carbocycles. The second-order valence-electron chi connectivity index (χ2n) is 4.45. The van der Waals surface area contributed by atoms with E-state index in [0.717, 1.165) is 15.4 Å². The molecule has 0 unspecified atom stereocenters. The zero-order valence-electron chi connectivity index (χ0n) is 9.66.